The van der Waals surface area contributed by atoms with E-state index in [1.165, 1.54) is 154 Å². The van der Waals surface area contributed by atoms with Crippen molar-refractivity contribution in [2.45, 2.75) is 218 Å². The van der Waals surface area contributed by atoms with Crippen LogP contribution in [0.15, 0.2) is 24.3 Å². The molecule has 306 valence electrons. The number of aliphatic hydroxyl groups is 1. The van der Waals surface area contributed by atoms with Gasteiger partial charge in [0, 0.05) is 13.2 Å². The lowest BCUT2D eigenvalue weighted by Crippen LogP contribution is -2.40. The highest BCUT2D eigenvalue weighted by molar-refractivity contribution is 5.71. The van der Waals surface area contributed by atoms with Gasteiger partial charge in [-0.25, -0.2) is 0 Å². The van der Waals surface area contributed by atoms with Crippen LogP contribution in [0, 0.1) is 0 Å². The molecule has 1 heterocycles. The van der Waals surface area contributed by atoms with E-state index >= 15 is 0 Å². The van der Waals surface area contributed by atoms with Gasteiger partial charge in [-0.3, -0.25) is 9.69 Å². The quantitative estimate of drug-likeness (QED) is 0.0384. The van der Waals surface area contributed by atoms with Crippen molar-refractivity contribution in [3.8, 4) is 0 Å². The van der Waals surface area contributed by atoms with E-state index < -0.39 is 24.6 Å². The normalized spacial score (nSPS) is 19.2. The van der Waals surface area contributed by atoms with Crippen molar-refractivity contribution in [1.82, 2.24) is 4.90 Å². The van der Waals surface area contributed by atoms with E-state index in [0.717, 1.165) is 25.7 Å². The lowest BCUT2D eigenvalue weighted by molar-refractivity contribution is -0.161. The third-order valence-corrected chi connectivity index (χ3v) is 10.1. The minimum atomic E-state index is -1.09. The number of hydrogen-bond donors (Lipinski definition) is 1. The molecular formula is C45H85NO6. The molecule has 0 amide bonds. The van der Waals surface area contributed by atoms with Crippen molar-refractivity contribution in [2.75, 3.05) is 40.5 Å². The third-order valence-electron chi connectivity index (χ3n) is 10.1. The first-order chi connectivity index (χ1) is 25.5. The van der Waals surface area contributed by atoms with Crippen molar-refractivity contribution in [3.63, 3.8) is 0 Å². The van der Waals surface area contributed by atoms with Crippen LogP contribution in [-0.2, 0) is 23.7 Å². The molecule has 1 saturated heterocycles. The molecule has 0 aromatic rings. The summed E-state index contributed by atoms with van der Waals surface area (Å²) in [5, 5.41) is 10.7. The fourth-order valence-electron chi connectivity index (χ4n) is 6.84. The van der Waals surface area contributed by atoms with Gasteiger partial charge in [-0.05, 0) is 78.3 Å². The number of ether oxygens (including phenoxy) is 4. The maximum atomic E-state index is 12.2. The van der Waals surface area contributed by atoms with Crippen LogP contribution in [0.4, 0.5) is 0 Å². The molecule has 1 aliphatic heterocycles. The van der Waals surface area contributed by atoms with Crippen molar-refractivity contribution in [2.24, 2.45) is 0 Å². The number of unbranched alkanes of at least 4 members (excludes halogenated alkanes) is 24. The van der Waals surface area contributed by atoms with E-state index in [2.05, 4.69) is 38.2 Å². The molecule has 0 saturated carbocycles. The average molecular weight is 736 g/mol. The van der Waals surface area contributed by atoms with Gasteiger partial charge >= 0.3 is 5.97 Å². The zero-order valence-corrected chi connectivity index (χ0v) is 34.7. The molecule has 1 fully saturated rings. The summed E-state index contributed by atoms with van der Waals surface area (Å²) in [6.45, 7) is 5.94. The molecule has 1 unspecified atom stereocenters. The van der Waals surface area contributed by atoms with Gasteiger partial charge in [0.15, 0.2) is 6.29 Å². The van der Waals surface area contributed by atoms with Crippen molar-refractivity contribution in [1.29, 1.82) is 0 Å². The molecule has 1 N–H and O–H groups in total. The van der Waals surface area contributed by atoms with Crippen LogP contribution in [0.2, 0.25) is 0 Å². The maximum Gasteiger partial charge on any atom is 0.320 e. The van der Waals surface area contributed by atoms with Crippen LogP contribution < -0.4 is 0 Å². The minimum Gasteiger partial charge on any atom is -0.462 e. The first-order valence-electron chi connectivity index (χ1n) is 22.2. The molecule has 0 aromatic carbocycles. The number of esters is 1. The number of carbonyl (C=O) groups excluding carboxylic acids is 1. The predicted octanol–water partition coefficient (Wildman–Crippen LogP) is 11.7. The first-order valence-corrected chi connectivity index (χ1v) is 22.2. The standard InChI is InChI=1S/C45H85NO6/c1-5-7-9-11-13-15-17-19-21-23-25-27-29-31-33-35-37-49-43-41(40-51-42(47)39-46(3)4)52-45(48)44(43)50-38-36-34-32-30-28-26-24-22-20-18-16-14-12-10-8-6-2/h19-22,41,43-45,48H,5-18,23-40H2,1-4H3/b21-19-,22-20-/t41-,43?,44+,45-/m1/s1. The van der Waals surface area contributed by atoms with E-state index in [1.807, 2.05) is 14.1 Å². The molecule has 0 radical (unpaired) electrons. The van der Waals surface area contributed by atoms with E-state index in [0.29, 0.717) is 13.2 Å². The van der Waals surface area contributed by atoms with Crippen LogP contribution in [-0.4, -0.2) is 81.0 Å². The number of hydrogen-bond acceptors (Lipinski definition) is 7. The third kappa shape index (κ3) is 29.2. The molecule has 0 bridgehead atoms. The SMILES string of the molecule is CCCCCCCC/C=C\CCCCCCCCOC1[C@@H](COC(=O)CN(C)C)O[C@@H](O)[C@H]1OCCCCCCCC/C=C\CCCCCCCC. The van der Waals surface area contributed by atoms with Gasteiger partial charge in [-0.1, -0.05) is 154 Å². The van der Waals surface area contributed by atoms with Gasteiger partial charge in [-0.2, -0.15) is 0 Å². The summed E-state index contributed by atoms with van der Waals surface area (Å²) in [6.07, 6.45) is 42.3. The fourth-order valence-corrected chi connectivity index (χ4v) is 6.84. The van der Waals surface area contributed by atoms with Crippen LogP contribution in [0.1, 0.15) is 194 Å². The van der Waals surface area contributed by atoms with Gasteiger partial charge in [-0.15, -0.1) is 0 Å². The summed E-state index contributed by atoms with van der Waals surface area (Å²) >= 11 is 0. The Kier molecular flexibility index (Phi) is 34.4. The summed E-state index contributed by atoms with van der Waals surface area (Å²) in [5.74, 6) is -0.316. The van der Waals surface area contributed by atoms with Gasteiger partial charge < -0.3 is 24.1 Å². The molecular weight excluding hydrogens is 650 g/mol. The maximum absolute atomic E-state index is 12.2. The van der Waals surface area contributed by atoms with Gasteiger partial charge in [0.25, 0.3) is 0 Å². The lowest BCUT2D eigenvalue weighted by atomic mass is 10.1. The molecule has 1 rings (SSSR count). The summed E-state index contributed by atoms with van der Waals surface area (Å²) in [5.41, 5.74) is 0. The molecule has 0 spiro atoms. The molecule has 7 heteroatoms. The molecule has 0 aliphatic carbocycles. The molecule has 52 heavy (non-hydrogen) atoms. The summed E-state index contributed by atoms with van der Waals surface area (Å²) in [6, 6.07) is 0. The Morgan fingerprint density at radius 1 is 0.558 bits per heavy atom. The number of rotatable bonds is 38. The van der Waals surface area contributed by atoms with E-state index in [-0.39, 0.29) is 19.1 Å². The Bertz CT molecular complexity index is 833. The van der Waals surface area contributed by atoms with Crippen molar-refractivity contribution in [3.05, 3.63) is 24.3 Å². The van der Waals surface area contributed by atoms with Gasteiger partial charge in [0.1, 0.15) is 24.9 Å². The highest BCUT2D eigenvalue weighted by Crippen LogP contribution is 2.27. The monoisotopic (exact) mass is 736 g/mol. The van der Waals surface area contributed by atoms with Crippen molar-refractivity contribution < 1.29 is 28.8 Å². The van der Waals surface area contributed by atoms with E-state index in [1.54, 1.807) is 4.90 Å². The highest BCUT2D eigenvalue weighted by Gasteiger charge is 2.46. The van der Waals surface area contributed by atoms with Crippen LogP contribution >= 0.6 is 0 Å². The Hall–Kier alpha value is -1.25. The van der Waals surface area contributed by atoms with Gasteiger partial charge in [0.2, 0.25) is 0 Å². The van der Waals surface area contributed by atoms with Crippen LogP contribution in [0.5, 0.6) is 0 Å². The topological polar surface area (TPSA) is 77.5 Å². The van der Waals surface area contributed by atoms with E-state index in [4.69, 9.17) is 18.9 Å². The van der Waals surface area contributed by atoms with Crippen molar-refractivity contribution >= 4 is 5.97 Å². The zero-order valence-electron chi connectivity index (χ0n) is 34.7. The number of aliphatic hydroxyl groups excluding tert-OH is 1. The average Bonchev–Trinajstić information content (AvgIpc) is 3.42. The molecule has 0 aromatic heterocycles. The number of nitrogens with zero attached hydrogens (tertiary/aromatic N) is 1. The summed E-state index contributed by atoms with van der Waals surface area (Å²) in [4.78, 5) is 14.0. The number of carbonyl (C=O) groups is 1. The number of allylic oxidation sites excluding steroid dienone is 4. The Labute approximate surface area is 322 Å². The second kappa shape index (κ2) is 36.7. The summed E-state index contributed by atoms with van der Waals surface area (Å²) < 4.78 is 23.7. The van der Waals surface area contributed by atoms with Gasteiger partial charge in [0.05, 0.1) is 6.54 Å². The predicted molar refractivity (Wildman–Crippen MR) is 219 cm³/mol. The van der Waals surface area contributed by atoms with E-state index in [9.17, 15) is 9.90 Å². The molecule has 1 aliphatic rings. The van der Waals surface area contributed by atoms with Crippen LogP contribution in [0.25, 0.3) is 0 Å². The van der Waals surface area contributed by atoms with Crippen LogP contribution in [0.3, 0.4) is 0 Å². The Morgan fingerprint density at radius 3 is 1.33 bits per heavy atom. The molecule has 4 atom stereocenters. The second-order valence-corrected chi connectivity index (χ2v) is 15.5. The molecule has 7 nitrogen and oxygen atoms in total. The minimum absolute atomic E-state index is 0.0515. The largest absolute Gasteiger partial charge is 0.462 e. The Morgan fingerprint density at radius 2 is 0.923 bits per heavy atom. The lowest BCUT2D eigenvalue weighted by Gasteiger charge is -2.24. The smallest absolute Gasteiger partial charge is 0.320 e. The Balaban J connectivity index is 2.23. The fraction of sp³-hybridized carbons (Fsp3) is 0.889. The summed E-state index contributed by atoms with van der Waals surface area (Å²) in [7, 11) is 3.66. The zero-order chi connectivity index (χ0) is 37.7. The second-order valence-electron chi connectivity index (χ2n) is 15.5. The highest BCUT2D eigenvalue weighted by atomic mass is 16.7. The first kappa shape index (κ1) is 48.8. The number of likely N-dealkylation sites (N-methyl/N-ethyl adjacent to an activating group) is 1.